The molecule has 0 aliphatic heterocycles. The summed E-state index contributed by atoms with van der Waals surface area (Å²) in [6.07, 6.45) is 3.10. The molecule has 0 atom stereocenters. The predicted molar refractivity (Wildman–Crippen MR) is 116 cm³/mol. The SMILES string of the molecule is CC(=O)Nc1cc2c(cn1)c(C1CC1)nn2-c1cc(OC2CC3(C2)CC3(F)F)nc(C(C)(F)F)n1. The number of aromatic nitrogens is 5. The number of hydrogen-bond acceptors (Lipinski definition) is 6. The summed E-state index contributed by atoms with van der Waals surface area (Å²) >= 11 is 0. The molecule has 35 heavy (non-hydrogen) atoms. The van der Waals surface area contributed by atoms with Crippen molar-refractivity contribution in [3.05, 3.63) is 29.8 Å². The topological polar surface area (TPSA) is 94.8 Å². The van der Waals surface area contributed by atoms with Crippen molar-refractivity contribution in [2.45, 2.75) is 69.8 Å². The van der Waals surface area contributed by atoms with Crippen LogP contribution < -0.4 is 10.1 Å². The number of alkyl halides is 4. The van der Waals surface area contributed by atoms with Crippen molar-refractivity contribution >= 4 is 22.6 Å². The lowest BCUT2D eigenvalue weighted by Crippen LogP contribution is -2.39. The molecule has 0 aromatic carbocycles. The van der Waals surface area contributed by atoms with Gasteiger partial charge in [-0.2, -0.15) is 18.9 Å². The molecule has 184 valence electrons. The summed E-state index contributed by atoms with van der Waals surface area (Å²) < 4.78 is 62.9. The molecule has 6 rings (SSSR count). The largest absolute Gasteiger partial charge is 0.474 e. The summed E-state index contributed by atoms with van der Waals surface area (Å²) in [6.45, 7) is 2.03. The zero-order valence-electron chi connectivity index (χ0n) is 19.0. The fraction of sp³-hybridized carbons (Fsp3) is 0.522. The van der Waals surface area contributed by atoms with E-state index in [1.807, 2.05) is 0 Å². The van der Waals surface area contributed by atoms with Gasteiger partial charge in [-0.15, -0.1) is 0 Å². The van der Waals surface area contributed by atoms with Crippen molar-refractivity contribution in [2.24, 2.45) is 5.41 Å². The van der Waals surface area contributed by atoms with E-state index in [9.17, 15) is 22.4 Å². The highest BCUT2D eigenvalue weighted by Gasteiger charge is 2.76. The second kappa shape index (κ2) is 7.11. The lowest BCUT2D eigenvalue weighted by Gasteiger charge is -2.35. The van der Waals surface area contributed by atoms with Crippen molar-refractivity contribution in [1.82, 2.24) is 24.7 Å². The first-order chi connectivity index (χ1) is 16.4. The molecule has 12 heteroatoms. The summed E-state index contributed by atoms with van der Waals surface area (Å²) in [6, 6.07) is 2.99. The van der Waals surface area contributed by atoms with Gasteiger partial charge in [-0.1, -0.05) is 0 Å². The molecule has 3 aliphatic rings. The van der Waals surface area contributed by atoms with Gasteiger partial charge >= 0.3 is 5.92 Å². The Kier molecular flexibility index (Phi) is 4.50. The Morgan fingerprint density at radius 1 is 1.23 bits per heavy atom. The van der Waals surface area contributed by atoms with Gasteiger partial charge in [0.1, 0.15) is 11.9 Å². The highest BCUT2D eigenvalue weighted by atomic mass is 19.3. The van der Waals surface area contributed by atoms with Crippen molar-refractivity contribution in [1.29, 1.82) is 0 Å². The fourth-order valence-electron chi connectivity index (χ4n) is 4.78. The second-order valence-electron chi connectivity index (χ2n) is 9.93. The number of rotatable bonds is 6. The molecule has 0 bridgehead atoms. The van der Waals surface area contributed by atoms with Crippen molar-refractivity contribution in [3.63, 3.8) is 0 Å². The van der Waals surface area contributed by atoms with E-state index in [1.54, 1.807) is 12.3 Å². The average Bonchev–Trinajstić information content (AvgIpc) is 3.63. The Balaban J connectivity index is 1.40. The van der Waals surface area contributed by atoms with Crippen LogP contribution in [-0.2, 0) is 10.7 Å². The Hall–Kier alpha value is -3.31. The predicted octanol–water partition coefficient (Wildman–Crippen LogP) is 4.72. The summed E-state index contributed by atoms with van der Waals surface area (Å²) in [5.74, 6) is -6.69. The van der Waals surface area contributed by atoms with E-state index in [2.05, 4.69) is 25.4 Å². The lowest BCUT2D eigenvalue weighted by atomic mass is 9.78. The first-order valence-electron chi connectivity index (χ1n) is 11.4. The molecular weight excluding hydrogens is 468 g/mol. The molecule has 1 N–H and O–H groups in total. The normalized spacial score (nSPS) is 24.9. The zero-order chi connectivity index (χ0) is 24.8. The van der Waals surface area contributed by atoms with E-state index in [1.165, 1.54) is 17.7 Å². The number of carbonyl (C=O) groups is 1. The second-order valence-corrected chi connectivity index (χ2v) is 9.93. The highest BCUT2D eigenvalue weighted by molar-refractivity contribution is 5.91. The maximum absolute atomic E-state index is 14.3. The first kappa shape index (κ1) is 22.2. The fourth-order valence-corrected chi connectivity index (χ4v) is 4.78. The Morgan fingerprint density at radius 2 is 1.94 bits per heavy atom. The molecule has 3 heterocycles. The molecule has 1 spiro atoms. The summed E-state index contributed by atoms with van der Waals surface area (Å²) in [4.78, 5) is 23.7. The van der Waals surface area contributed by atoms with Gasteiger partial charge in [0.05, 0.1) is 11.2 Å². The number of nitrogens with zero attached hydrogens (tertiary/aromatic N) is 5. The van der Waals surface area contributed by atoms with Crippen LogP contribution in [-0.4, -0.2) is 42.7 Å². The van der Waals surface area contributed by atoms with E-state index >= 15 is 0 Å². The van der Waals surface area contributed by atoms with Crippen LogP contribution in [0.25, 0.3) is 16.7 Å². The number of halogens is 4. The van der Waals surface area contributed by atoms with Gasteiger partial charge in [0.2, 0.25) is 17.6 Å². The quantitative estimate of drug-likeness (QED) is 0.503. The van der Waals surface area contributed by atoms with Crippen LogP contribution in [0.3, 0.4) is 0 Å². The van der Waals surface area contributed by atoms with E-state index in [0.29, 0.717) is 12.4 Å². The third kappa shape index (κ3) is 3.79. The van der Waals surface area contributed by atoms with Gasteiger partial charge < -0.3 is 10.1 Å². The number of pyridine rings is 1. The molecule has 0 radical (unpaired) electrons. The zero-order valence-corrected chi connectivity index (χ0v) is 19.0. The summed E-state index contributed by atoms with van der Waals surface area (Å²) in [5, 5.41) is 7.98. The number of hydrogen-bond donors (Lipinski definition) is 1. The number of amides is 1. The van der Waals surface area contributed by atoms with Crippen LogP contribution in [0.1, 0.15) is 63.4 Å². The minimum absolute atomic E-state index is 0.0502. The average molecular weight is 490 g/mol. The van der Waals surface area contributed by atoms with Gasteiger partial charge in [-0.25, -0.2) is 23.4 Å². The molecule has 3 saturated carbocycles. The smallest absolute Gasteiger partial charge is 0.304 e. The minimum atomic E-state index is -3.37. The molecule has 0 unspecified atom stereocenters. The van der Waals surface area contributed by atoms with Crippen LogP contribution in [0.4, 0.5) is 23.4 Å². The number of anilines is 1. The molecule has 8 nitrogen and oxygen atoms in total. The number of fused-ring (bicyclic) bond motifs is 1. The van der Waals surface area contributed by atoms with Crippen molar-refractivity contribution < 1.29 is 27.1 Å². The summed E-state index contributed by atoms with van der Waals surface area (Å²) in [5.41, 5.74) is 0.278. The standard InChI is InChI=1S/C23H22F4N6O2/c1-11(34)29-16-5-15-14(9-28-16)19(12-3-4-12)32-33(15)17-6-18(31-20(30-17)21(2,24)25)35-13-7-22(8-13)10-23(22,26)27/h5-6,9,12-13H,3-4,7-8,10H2,1-2H3,(H,28,29,34). The van der Waals surface area contributed by atoms with Crippen LogP contribution >= 0.6 is 0 Å². The molecule has 3 aliphatic carbocycles. The van der Waals surface area contributed by atoms with E-state index in [4.69, 9.17) is 4.74 Å². The Labute approximate surface area is 197 Å². The highest BCUT2D eigenvalue weighted by Crippen LogP contribution is 2.71. The van der Waals surface area contributed by atoms with E-state index < -0.39 is 29.2 Å². The van der Waals surface area contributed by atoms with Gasteiger partial charge in [0, 0.05) is 55.3 Å². The maximum atomic E-state index is 14.3. The monoisotopic (exact) mass is 490 g/mol. The third-order valence-electron chi connectivity index (χ3n) is 6.90. The molecule has 0 saturated heterocycles. The van der Waals surface area contributed by atoms with E-state index in [-0.39, 0.29) is 48.6 Å². The van der Waals surface area contributed by atoms with Crippen LogP contribution in [0.2, 0.25) is 0 Å². The minimum Gasteiger partial charge on any atom is -0.474 e. The number of ether oxygens (including phenoxy) is 1. The maximum Gasteiger partial charge on any atom is 0.304 e. The number of carbonyl (C=O) groups excluding carboxylic acids is 1. The van der Waals surface area contributed by atoms with Crippen LogP contribution in [0.15, 0.2) is 18.3 Å². The molecule has 1 amide bonds. The van der Waals surface area contributed by atoms with Crippen LogP contribution in [0.5, 0.6) is 5.88 Å². The van der Waals surface area contributed by atoms with Crippen molar-refractivity contribution in [2.75, 3.05) is 5.32 Å². The Morgan fingerprint density at radius 3 is 2.54 bits per heavy atom. The summed E-state index contributed by atoms with van der Waals surface area (Å²) in [7, 11) is 0. The first-order valence-corrected chi connectivity index (χ1v) is 11.4. The third-order valence-corrected chi connectivity index (χ3v) is 6.90. The van der Waals surface area contributed by atoms with Gasteiger partial charge in [0.15, 0.2) is 5.82 Å². The van der Waals surface area contributed by atoms with E-state index in [0.717, 1.165) is 23.9 Å². The molecular formula is C23H22F4N6O2. The van der Waals surface area contributed by atoms with Gasteiger partial charge in [-0.05, 0) is 25.7 Å². The molecule has 3 aromatic rings. The number of nitrogens with one attached hydrogen (secondary N) is 1. The molecule has 3 aromatic heterocycles. The lowest BCUT2D eigenvalue weighted by molar-refractivity contribution is -0.114. The molecule has 3 fully saturated rings. The van der Waals surface area contributed by atoms with Crippen LogP contribution in [0, 0.1) is 5.41 Å². The van der Waals surface area contributed by atoms with Gasteiger partial charge in [-0.3, -0.25) is 4.79 Å². The van der Waals surface area contributed by atoms with Crippen molar-refractivity contribution in [3.8, 4) is 11.7 Å². The van der Waals surface area contributed by atoms with Gasteiger partial charge in [0.25, 0.3) is 5.92 Å². The Bertz CT molecular complexity index is 1360.